The van der Waals surface area contributed by atoms with E-state index in [1.54, 1.807) is 12.0 Å². The van der Waals surface area contributed by atoms with Crippen LogP contribution in [0, 0.1) is 17.3 Å². The number of hydrogen-bond donors (Lipinski definition) is 1. The minimum absolute atomic E-state index is 0.151. The Kier molecular flexibility index (Phi) is 4.68. The number of rotatable bonds is 5. The molecule has 5 heteroatoms. The van der Waals surface area contributed by atoms with Crippen molar-refractivity contribution in [1.29, 1.82) is 0 Å². The molecule has 1 aliphatic carbocycles. The summed E-state index contributed by atoms with van der Waals surface area (Å²) >= 11 is 0. The summed E-state index contributed by atoms with van der Waals surface area (Å²) < 4.78 is 5.13. The largest absolute Gasteiger partial charge is 0.481 e. The molecular formula is C15H25NO4. The van der Waals surface area contributed by atoms with Crippen molar-refractivity contribution in [2.75, 3.05) is 26.8 Å². The van der Waals surface area contributed by atoms with Crippen molar-refractivity contribution >= 4 is 11.9 Å². The highest BCUT2D eigenvalue weighted by Gasteiger charge is 2.47. The summed E-state index contributed by atoms with van der Waals surface area (Å²) in [4.78, 5) is 25.8. The quantitative estimate of drug-likeness (QED) is 0.835. The molecule has 0 bridgehead atoms. The van der Waals surface area contributed by atoms with Crippen LogP contribution >= 0.6 is 0 Å². The number of hydrogen-bond acceptors (Lipinski definition) is 3. The predicted octanol–water partition coefficient (Wildman–Crippen LogP) is 1.76. The highest BCUT2D eigenvalue weighted by molar-refractivity contribution is 5.84. The first-order valence-electron chi connectivity index (χ1n) is 7.49. The fraction of sp³-hybridized carbons (Fsp3) is 0.867. The topological polar surface area (TPSA) is 66.8 Å². The van der Waals surface area contributed by atoms with Gasteiger partial charge in [0, 0.05) is 26.8 Å². The van der Waals surface area contributed by atoms with Gasteiger partial charge < -0.3 is 14.7 Å². The Morgan fingerprint density at radius 2 is 2.05 bits per heavy atom. The Morgan fingerprint density at radius 3 is 2.55 bits per heavy atom. The summed E-state index contributed by atoms with van der Waals surface area (Å²) in [5.74, 6) is -0.789. The van der Waals surface area contributed by atoms with E-state index in [4.69, 9.17) is 4.74 Å². The first kappa shape index (κ1) is 15.3. The van der Waals surface area contributed by atoms with E-state index in [-0.39, 0.29) is 17.2 Å². The molecule has 20 heavy (non-hydrogen) atoms. The van der Waals surface area contributed by atoms with Gasteiger partial charge in [0.05, 0.1) is 11.3 Å². The maximum atomic E-state index is 12.8. The fourth-order valence-electron chi connectivity index (χ4n) is 3.50. The molecule has 2 unspecified atom stereocenters. The van der Waals surface area contributed by atoms with Gasteiger partial charge in [-0.15, -0.1) is 0 Å². The molecule has 0 aromatic heterocycles. The Bertz CT molecular complexity index is 378. The summed E-state index contributed by atoms with van der Waals surface area (Å²) in [5.41, 5.74) is -0.282. The zero-order valence-corrected chi connectivity index (χ0v) is 12.4. The summed E-state index contributed by atoms with van der Waals surface area (Å²) in [7, 11) is 1.65. The standard InChI is InChI=1S/C15H25NO4/c1-11-8-12(13(17)18)10-16(9-11)14(19)15(4-3-5-15)6-7-20-2/h11-12H,3-10H2,1-2H3,(H,17,18). The minimum atomic E-state index is -0.783. The van der Waals surface area contributed by atoms with Crippen molar-refractivity contribution in [3.05, 3.63) is 0 Å². The van der Waals surface area contributed by atoms with Gasteiger partial charge in [-0.25, -0.2) is 0 Å². The number of nitrogens with zero attached hydrogens (tertiary/aromatic N) is 1. The fourth-order valence-corrected chi connectivity index (χ4v) is 3.50. The van der Waals surface area contributed by atoms with E-state index in [2.05, 4.69) is 0 Å². The molecule has 0 aromatic carbocycles. The molecule has 1 aliphatic heterocycles. The zero-order valence-electron chi connectivity index (χ0n) is 12.4. The Balaban J connectivity index is 2.05. The van der Waals surface area contributed by atoms with Crippen molar-refractivity contribution in [2.24, 2.45) is 17.3 Å². The molecule has 2 rings (SSSR count). The van der Waals surface area contributed by atoms with E-state index in [0.717, 1.165) is 25.7 Å². The second-order valence-electron chi connectivity index (χ2n) is 6.46. The van der Waals surface area contributed by atoms with E-state index in [1.165, 1.54) is 0 Å². The van der Waals surface area contributed by atoms with Crippen molar-refractivity contribution < 1.29 is 19.4 Å². The maximum Gasteiger partial charge on any atom is 0.308 e. The molecule has 5 nitrogen and oxygen atoms in total. The lowest BCUT2D eigenvalue weighted by molar-refractivity contribution is -0.155. The highest BCUT2D eigenvalue weighted by Crippen LogP contribution is 2.46. The first-order chi connectivity index (χ1) is 9.48. The molecule has 2 aliphatic rings. The Hall–Kier alpha value is -1.10. The van der Waals surface area contributed by atoms with Crippen LogP contribution in [-0.2, 0) is 14.3 Å². The van der Waals surface area contributed by atoms with E-state index < -0.39 is 11.9 Å². The Morgan fingerprint density at radius 1 is 1.35 bits per heavy atom. The van der Waals surface area contributed by atoms with E-state index in [9.17, 15) is 14.7 Å². The van der Waals surface area contributed by atoms with Crippen LogP contribution in [0.3, 0.4) is 0 Å². The molecule has 1 heterocycles. The van der Waals surface area contributed by atoms with E-state index in [1.807, 2.05) is 6.92 Å². The Labute approximate surface area is 120 Å². The third-order valence-electron chi connectivity index (χ3n) is 4.85. The second-order valence-corrected chi connectivity index (χ2v) is 6.46. The average molecular weight is 283 g/mol. The monoisotopic (exact) mass is 283 g/mol. The molecule has 1 N–H and O–H groups in total. The SMILES string of the molecule is COCCC1(C(=O)N2CC(C)CC(C(=O)O)C2)CCC1. The average Bonchev–Trinajstić information content (AvgIpc) is 2.36. The van der Waals surface area contributed by atoms with Crippen LogP contribution in [-0.4, -0.2) is 48.7 Å². The van der Waals surface area contributed by atoms with E-state index >= 15 is 0 Å². The van der Waals surface area contributed by atoms with Crippen molar-refractivity contribution in [1.82, 2.24) is 4.90 Å². The number of amides is 1. The third-order valence-corrected chi connectivity index (χ3v) is 4.85. The molecule has 0 radical (unpaired) electrons. The van der Waals surface area contributed by atoms with Crippen LogP contribution in [0.1, 0.15) is 39.0 Å². The number of likely N-dealkylation sites (tertiary alicyclic amines) is 1. The number of carboxylic acids is 1. The summed E-state index contributed by atoms with van der Waals surface area (Å²) in [5, 5.41) is 9.21. The van der Waals surface area contributed by atoms with Crippen LogP contribution in [0.15, 0.2) is 0 Å². The predicted molar refractivity (Wildman–Crippen MR) is 74.3 cm³/mol. The number of methoxy groups -OCH3 is 1. The third kappa shape index (κ3) is 2.97. The zero-order chi connectivity index (χ0) is 14.8. The van der Waals surface area contributed by atoms with Crippen LogP contribution in [0.25, 0.3) is 0 Å². The lowest BCUT2D eigenvalue weighted by Gasteiger charge is -2.46. The molecule has 1 saturated carbocycles. The van der Waals surface area contributed by atoms with Crippen LogP contribution in [0.5, 0.6) is 0 Å². The molecule has 2 fully saturated rings. The van der Waals surface area contributed by atoms with Gasteiger partial charge in [0.25, 0.3) is 0 Å². The van der Waals surface area contributed by atoms with Crippen LogP contribution < -0.4 is 0 Å². The van der Waals surface area contributed by atoms with Gasteiger partial charge in [0.2, 0.25) is 5.91 Å². The van der Waals surface area contributed by atoms with Gasteiger partial charge in [0.15, 0.2) is 0 Å². The van der Waals surface area contributed by atoms with E-state index in [0.29, 0.717) is 26.1 Å². The number of carbonyl (C=O) groups is 2. The number of carbonyl (C=O) groups excluding carboxylic acids is 1. The summed E-state index contributed by atoms with van der Waals surface area (Å²) in [6, 6.07) is 0. The first-order valence-corrected chi connectivity index (χ1v) is 7.49. The smallest absolute Gasteiger partial charge is 0.308 e. The number of ether oxygens (including phenoxy) is 1. The molecular weight excluding hydrogens is 258 g/mol. The van der Waals surface area contributed by atoms with Crippen LogP contribution in [0.4, 0.5) is 0 Å². The van der Waals surface area contributed by atoms with Gasteiger partial charge in [-0.3, -0.25) is 9.59 Å². The number of carboxylic acid groups (broad SMARTS) is 1. The summed E-state index contributed by atoms with van der Waals surface area (Å²) in [6.45, 7) is 3.68. The highest BCUT2D eigenvalue weighted by atomic mass is 16.5. The number of aliphatic carboxylic acids is 1. The second kappa shape index (κ2) is 6.12. The van der Waals surface area contributed by atoms with Gasteiger partial charge >= 0.3 is 5.97 Å². The molecule has 1 amide bonds. The number of piperidine rings is 1. The minimum Gasteiger partial charge on any atom is -0.481 e. The molecule has 2 atom stereocenters. The maximum absolute atomic E-state index is 12.8. The molecule has 0 aromatic rings. The van der Waals surface area contributed by atoms with Crippen LogP contribution in [0.2, 0.25) is 0 Å². The van der Waals surface area contributed by atoms with Gasteiger partial charge in [-0.05, 0) is 31.6 Å². The summed E-state index contributed by atoms with van der Waals surface area (Å²) in [6.07, 6.45) is 4.34. The van der Waals surface area contributed by atoms with Crippen molar-refractivity contribution in [2.45, 2.75) is 39.0 Å². The van der Waals surface area contributed by atoms with Crippen molar-refractivity contribution in [3.8, 4) is 0 Å². The molecule has 114 valence electrons. The van der Waals surface area contributed by atoms with Gasteiger partial charge in [-0.2, -0.15) is 0 Å². The normalized spacial score (nSPS) is 28.8. The van der Waals surface area contributed by atoms with Gasteiger partial charge in [-0.1, -0.05) is 13.3 Å². The lowest BCUT2D eigenvalue weighted by Crippen LogP contribution is -2.53. The van der Waals surface area contributed by atoms with Gasteiger partial charge in [0.1, 0.15) is 0 Å². The van der Waals surface area contributed by atoms with Crippen molar-refractivity contribution in [3.63, 3.8) is 0 Å². The lowest BCUT2D eigenvalue weighted by atomic mass is 9.65. The molecule has 0 spiro atoms. The molecule has 1 saturated heterocycles.